The molecular weight excluding hydrogens is 272 g/mol. The standard InChI is InChI=1S/C15H22N2O2S/c1-15(2)8-9-20-10-13(15)16-11-4-6-12(7-5-11)17-14(18)19-3/h4-7,13,16H,8-10H2,1-3H3,(H,17,18). The monoisotopic (exact) mass is 294 g/mol. The predicted octanol–water partition coefficient (Wildman–Crippen LogP) is 3.81. The van der Waals surface area contributed by atoms with Gasteiger partial charge in [0.25, 0.3) is 0 Å². The highest BCUT2D eigenvalue weighted by molar-refractivity contribution is 7.99. The Morgan fingerprint density at radius 3 is 2.55 bits per heavy atom. The van der Waals surface area contributed by atoms with Crippen molar-refractivity contribution in [2.75, 3.05) is 29.2 Å². The average Bonchev–Trinajstić information content (AvgIpc) is 2.43. The van der Waals surface area contributed by atoms with Crippen LogP contribution in [0, 0.1) is 5.41 Å². The number of nitrogens with one attached hydrogen (secondary N) is 2. The Labute approximate surface area is 124 Å². The van der Waals surface area contributed by atoms with Crippen molar-refractivity contribution in [3.8, 4) is 0 Å². The summed E-state index contributed by atoms with van der Waals surface area (Å²) in [5, 5.41) is 6.25. The Morgan fingerprint density at radius 1 is 1.30 bits per heavy atom. The predicted molar refractivity (Wildman–Crippen MR) is 85.6 cm³/mol. The smallest absolute Gasteiger partial charge is 0.411 e. The maximum Gasteiger partial charge on any atom is 0.411 e. The summed E-state index contributed by atoms with van der Waals surface area (Å²) >= 11 is 2.00. The van der Waals surface area contributed by atoms with Crippen LogP contribution >= 0.6 is 11.8 Å². The van der Waals surface area contributed by atoms with E-state index in [0.717, 1.165) is 17.1 Å². The van der Waals surface area contributed by atoms with Gasteiger partial charge >= 0.3 is 6.09 Å². The molecule has 1 amide bonds. The van der Waals surface area contributed by atoms with E-state index in [0.29, 0.717) is 11.5 Å². The van der Waals surface area contributed by atoms with Gasteiger partial charge in [-0.15, -0.1) is 0 Å². The highest BCUT2D eigenvalue weighted by Crippen LogP contribution is 2.36. The van der Waals surface area contributed by atoms with Gasteiger partial charge in [0.15, 0.2) is 0 Å². The minimum absolute atomic E-state index is 0.314. The molecule has 110 valence electrons. The largest absolute Gasteiger partial charge is 0.453 e. The molecule has 0 aromatic heterocycles. The summed E-state index contributed by atoms with van der Waals surface area (Å²) in [6, 6.07) is 8.20. The molecule has 2 rings (SSSR count). The van der Waals surface area contributed by atoms with Crippen molar-refractivity contribution < 1.29 is 9.53 Å². The Balaban J connectivity index is 1.98. The first-order valence-electron chi connectivity index (χ1n) is 6.80. The van der Waals surface area contributed by atoms with Crippen LogP contribution in [0.4, 0.5) is 16.2 Å². The van der Waals surface area contributed by atoms with Crippen molar-refractivity contribution in [2.45, 2.75) is 26.3 Å². The van der Waals surface area contributed by atoms with Crippen molar-refractivity contribution in [1.82, 2.24) is 0 Å². The lowest BCUT2D eigenvalue weighted by molar-refractivity contribution is 0.187. The fourth-order valence-corrected chi connectivity index (χ4v) is 3.80. The summed E-state index contributed by atoms with van der Waals surface area (Å²) in [5.74, 6) is 2.38. The number of amides is 1. The number of rotatable bonds is 3. The zero-order valence-electron chi connectivity index (χ0n) is 12.2. The van der Waals surface area contributed by atoms with Crippen LogP contribution in [0.2, 0.25) is 0 Å². The molecule has 2 N–H and O–H groups in total. The van der Waals surface area contributed by atoms with Gasteiger partial charge in [-0.1, -0.05) is 13.8 Å². The molecule has 1 saturated heterocycles. The molecule has 1 aliphatic heterocycles. The van der Waals surface area contributed by atoms with Crippen LogP contribution in [-0.4, -0.2) is 30.8 Å². The highest BCUT2D eigenvalue weighted by atomic mass is 32.2. The summed E-state index contributed by atoms with van der Waals surface area (Å²) in [5.41, 5.74) is 2.13. The van der Waals surface area contributed by atoms with Gasteiger partial charge in [-0.25, -0.2) is 4.79 Å². The van der Waals surface area contributed by atoms with Gasteiger partial charge < -0.3 is 10.1 Å². The molecule has 1 aliphatic rings. The summed E-state index contributed by atoms with van der Waals surface area (Å²) in [7, 11) is 1.36. The first-order chi connectivity index (χ1) is 9.51. The SMILES string of the molecule is COC(=O)Nc1ccc(NC2CSCCC2(C)C)cc1. The van der Waals surface area contributed by atoms with E-state index in [-0.39, 0.29) is 0 Å². The van der Waals surface area contributed by atoms with Gasteiger partial charge in [0.05, 0.1) is 7.11 Å². The molecule has 20 heavy (non-hydrogen) atoms. The summed E-state index contributed by atoms with van der Waals surface area (Å²) in [6.45, 7) is 4.63. The maximum absolute atomic E-state index is 11.1. The summed E-state index contributed by atoms with van der Waals surface area (Å²) in [6.07, 6.45) is 0.785. The molecule has 4 nitrogen and oxygen atoms in total. The molecule has 0 saturated carbocycles. The second kappa shape index (κ2) is 6.39. The van der Waals surface area contributed by atoms with Gasteiger partial charge in [-0.05, 0) is 41.9 Å². The molecule has 0 radical (unpaired) electrons. The Morgan fingerprint density at radius 2 is 1.95 bits per heavy atom. The van der Waals surface area contributed by atoms with Gasteiger partial charge in [0.1, 0.15) is 0 Å². The number of methoxy groups -OCH3 is 1. The van der Waals surface area contributed by atoms with Crippen molar-refractivity contribution >= 4 is 29.2 Å². The van der Waals surface area contributed by atoms with Gasteiger partial charge in [0.2, 0.25) is 0 Å². The summed E-state index contributed by atoms with van der Waals surface area (Å²) in [4.78, 5) is 11.1. The van der Waals surface area contributed by atoms with E-state index in [2.05, 4.69) is 29.2 Å². The topological polar surface area (TPSA) is 50.4 Å². The Bertz CT molecular complexity index is 459. The number of hydrogen-bond acceptors (Lipinski definition) is 4. The van der Waals surface area contributed by atoms with Crippen LogP contribution in [0.3, 0.4) is 0 Å². The minimum atomic E-state index is -0.449. The van der Waals surface area contributed by atoms with E-state index in [1.165, 1.54) is 19.3 Å². The molecule has 1 unspecified atom stereocenters. The van der Waals surface area contributed by atoms with Crippen LogP contribution in [0.5, 0.6) is 0 Å². The normalized spacial score (nSPS) is 21.1. The molecule has 0 bridgehead atoms. The molecule has 1 heterocycles. The van der Waals surface area contributed by atoms with Gasteiger partial charge in [0, 0.05) is 23.2 Å². The van der Waals surface area contributed by atoms with Crippen LogP contribution in [0.25, 0.3) is 0 Å². The fraction of sp³-hybridized carbons (Fsp3) is 0.533. The third-order valence-electron chi connectivity index (χ3n) is 3.78. The fourth-order valence-electron chi connectivity index (χ4n) is 2.19. The first kappa shape index (κ1) is 15.0. The van der Waals surface area contributed by atoms with E-state index >= 15 is 0 Å². The summed E-state index contributed by atoms with van der Waals surface area (Å²) < 4.78 is 4.56. The van der Waals surface area contributed by atoms with E-state index < -0.39 is 6.09 Å². The first-order valence-corrected chi connectivity index (χ1v) is 7.96. The number of hydrogen-bond donors (Lipinski definition) is 2. The molecule has 5 heteroatoms. The average molecular weight is 294 g/mol. The highest BCUT2D eigenvalue weighted by Gasteiger charge is 2.32. The molecule has 1 atom stereocenters. The molecular formula is C15H22N2O2S. The van der Waals surface area contributed by atoms with Crippen molar-refractivity contribution in [1.29, 1.82) is 0 Å². The lowest BCUT2D eigenvalue weighted by atomic mass is 9.82. The zero-order valence-corrected chi connectivity index (χ0v) is 13.0. The number of anilines is 2. The molecule has 1 aromatic carbocycles. The van der Waals surface area contributed by atoms with Crippen LogP contribution in [-0.2, 0) is 4.74 Å². The van der Waals surface area contributed by atoms with Crippen LogP contribution in [0.1, 0.15) is 20.3 Å². The second-order valence-electron chi connectivity index (χ2n) is 5.70. The van der Waals surface area contributed by atoms with Crippen LogP contribution < -0.4 is 10.6 Å². The van der Waals surface area contributed by atoms with E-state index in [1.807, 2.05) is 36.0 Å². The van der Waals surface area contributed by atoms with Crippen molar-refractivity contribution in [2.24, 2.45) is 5.41 Å². The molecule has 0 aliphatic carbocycles. The van der Waals surface area contributed by atoms with E-state index in [9.17, 15) is 4.79 Å². The molecule has 1 fully saturated rings. The maximum atomic E-state index is 11.1. The Kier molecular flexibility index (Phi) is 4.81. The van der Waals surface area contributed by atoms with Crippen molar-refractivity contribution in [3.63, 3.8) is 0 Å². The quantitative estimate of drug-likeness (QED) is 0.890. The van der Waals surface area contributed by atoms with E-state index in [4.69, 9.17) is 0 Å². The number of carbonyl (C=O) groups excluding carboxylic acids is 1. The number of benzene rings is 1. The molecule has 0 spiro atoms. The van der Waals surface area contributed by atoms with Crippen LogP contribution in [0.15, 0.2) is 24.3 Å². The van der Waals surface area contributed by atoms with Gasteiger partial charge in [-0.2, -0.15) is 11.8 Å². The molecule has 1 aromatic rings. The zero-order chi connectivity index (χ0) is 14.6. The minimum Gasteiger partial charge on any atom is -0.453 e. The number of thioether (sulfide) groups is 1. The lowest BCUT2D eigenvalue weighted by Crippen LogP contribution is -2.41. The third-order valence-corrected chi connectivity index (χ3v) is 4.84. The Hall–Kier alpha value is -1.36. The lowest BCUT2D eigenvalue weighted by Gasteiger charge is -2.39. The second-order valence-corrected chi connectivity index (χ2v) is 6.85. The van der Waals surface area contributed by atoms with Crippen molar-refractivity contribution in [3.05, 3.63) is 24.3 Å². The van der Waals surface area contributed by atoms with Gasteiger partial charge in [-0.3, -0.25) is 5.32 Å². The third kappa shape index (κ3) is 3.82. The number of ether oxygens (including phenoxy) is 1. The number of carbonyl (C=O) groups is 1. The van der Waals surface area contributed by atoms with E-state index in [1.54, 1.807) is 0 Å².